The van der Waals surface area contributed by atoms with Gasteiger partial charge in [0.15, 0.2) is 0 Å². The molecule has 2 amide bonds. The van der Waals surface area contributed by atoms with Gasteiger partial charge in [0.25, 0.3) is 5.91 Å². The van der Waals surface area contributed by atoms with Crippen LogP contribution in [0.15, 0.2) is 71.7 Å². The van der Waals surface area contributed by atoms with Crippen LogP contribution in [0.4, 0.5) is 11.4 Å². The summed E-state index contributed by atoms with van der Waals surface area (Å²) in [5, 5.41) is 0.515. The van der Waals surface area contributed by atoms with Crippen molar-refractivity contribution in [2.75, 3.05) is 17.7 Å². The van der Waals surface area contributed by atoms with Crippen LogP contribution in [0.1, 0.15) is 22.3 Å². The van der Waals surface area contributed by atoms with Gasteiger partial charge in [-0.25, -0.2) is 4.99 Å². The van der Waals surface area contributed by atoms with Gasteiger partial charge in [0.05, 0.1) is 23.1 Å². The van der Waals surface area contributed by atoms with Gasteiger partial charge in [-0.15, -0.1) is 0 Å². The van der Waals surface area contributed by atoms with E-state index in [1.54, 1.807) is 24.1 Å². The highest BCUT2D eigenvalue weighted by molar-refractivity contribution is 7.80. The number of nitrogens with two attached hydrogens (primary N) is 1. The molecule has 0 aliphatic carbocycles. The maximum atomic E-state index is 14.2. The van der Waals surface area contributed by atoms with Crippen molar-refractivity contribution in [3.8, 4) is 0 Å². The topological polar surface area (TPSA) is 79.0 Å². The minimum atomic E-state index is -1.14. The lowest BCUT2D eigenvalue weighted by Crippen LogP contribution is -2.52. The zero-order valence-electron chi connectivity index (χ0n) is 19.8. The smallest absolute Gasteiger partial charge is 0.277 e. The molecule has 8 heteroatoms. The number of nitrogens with zero attached hydrogens (tertiary/aromatic N) is 3. The number of benzodiazepines with no additional fused rings is 1. The van der Waals surface area contributed by atoms with Gasteiger partial charge < -0.3 is 10.6 Å². The Labute approximate surface area is 215 Å². The van der Waals surface area contributed by atoms with Crippen molar-refractivity contribution in [2.45, 2.75) is 26.1 Å². The van der Waals surface area contributed by atoms with E-state index in [0.29, 0.717) is 27.7 Å². The molecule has 0 bridgehead atoms. The molecule has 1 aliphatic heterocycles. The average Bonchev–Trinajstić information content (AvgIpc) is 2.98. The lowest BCUT2D eigenvalue weighted by Gasteiger charge is -2.31. The monoisotopic (exact) mass is 506 g/mol. The van der Waals surface area contributed by atoms with Gasteiger partial charge in [-0.1, -0.05) is 54.1 Å². The zero-order chi connectivity index (χ0) is 25.3. The molecule has 6 nitrogen and oxygen atoms in total. The standard InChI is InChI=1S/C27H27ClN4O2S/c1-16-9-10-17(2)23(13-16)32-22-12-11-19(28)14-20(22)24(18-7-5-4-6-8-18)30-25(27(32)34)31(3)26(33)21(29)15-35/h4-14,21,25,35H,15,29H2,1-3H3. The summed E-state index contributed by atoms with van der Waals surface area (Å²) in [5.41, 5.74) is 11.3. The van der Waals surface area contributed by atoms with Crippen molar-refractivity contribution >= 4 is 53.1 Å². The van der Waals surface area contributed by atoms with E-state index >= 15 is 0 Å². The maximum Gasteiger partial charge on any atom is 0.277 e. The molecule has 3 aromatic rings. The number of likely N-dealkylation sites (N-methyl/N-ethyl adjacent to an activating group) is 1. The van der Waals surface area contributed by atoms with Crippen LogP contribution in [-0.4, -0.2) is 47.4 Å². The summed E-state index contributed by atoms with van der Waals surface area (Å²) in [6, 6.07) is 20.0. The number of amides is 2. The number of halogens is 1. The Bertz CT molecular complexity index is 1310. The Kier molecular flexibility index (Phi) is 7.31. The Morgan fingerprint density at radius 3 is 2.51 bits per heavy atom. The summed E-state index contributed by atoms with van der Waals surface area (Å²) < 4.78 is 0. The first kappa shape index (κ1) is 25.0. The summed E-state index contributed by atoms with van der Waals surface area (Å²) in [6.07, 6.45) is -1.14. The van der Waals surface area contributed by atoms with Gasteiger partial charge in [0.1, 0.15) is 0 Å². The number of hydrogen-bond acceptors (Lipinski definition) is 5. The lowest BCUT2D eigenvalue weighted by atomic mass is 9.99. The molecule has 2 atom stereocenters. The predicted molar refractivity (Wildman–Crippen MR) is 145 cm³/mol. The largest absolute Gasteiger partial charge is 0.319 e. The molecule has 2 unspecified atom stereocenters. The predicted octanol–water partition coefficient (Wildman–Crippen LogP) is 4.51. The van der Waals surface area contributed by atoms with Gasteiger partial charge >= 0.3 is 0 Å². The molecule has 0 radical (unpaired) electrons. The molecule has 4 rings (SSSR count). The van der Waals surface area contributed by atoms with Crippen LogP contribution in [0.25, 0.3) is 0 Å². The third-order valence-corrected chi connectivity index (χ3v) is 6.66. The highest BCUT2D eigenvalue weighted by atomic mass is 35.5. The van der Waals surface area contributed by atoms with E-state index in [0.717, 1.165) is 16.7 Å². The molecule has 0 saturated heterocycles. The van der Waals surface area contributed by atoms with Crippen molar-refractivity contribution in [3.63, 3.8) is 0 Å². The Balaban J connectivity index is 2.02. The molecular weight excluding hydrogens is 480 g/mol. The van der Waals surface area contributed by atoms with Crippen LogP contribution in [0.2, 0.25) is 5.02 Å². The number of aliphatic imine (C=N–C) groups is 1. The van der Waals surface area contributed by atoms with Crippen LogP contribution >= 0.6 is 24.2 Å². The second kappa shape index (κ2) is 10.2. The van der Waals surface area contributed by atoms with E-state index in [1.165, 1.54) is 4.90 Å². The number of aryl methyl sites for hydroxylation is 2. The summed E-state index contributed by atoms with van der Waals surface area (Å²) in [5.74, 6) is -0.634. The molecule has 180 valence electrons. The first-order valence-corrected chi connectivity index (χ1v) is 12.2. The number of carbonyl (C=O) groups excluding carboxylic acids is 2. The average molecular weight is 507 g/mol. The van der Waals surface area contributed by atoms with Crippen molar-refractivity contribution < 1.29 is 9.59 Å². The van der Waals surface area contributed by atoms with E-state index in [1.807, 2.05) is 68.4 Å². The maximum absolute atomic E-state index is 14.2. The molecule has 1 aliphatic rings. The number of rotatable bonds is 5. The molecule has 0 spiro atoms. The van der Waals surface area contributed by atoms with Crippen LogP contribution in [0.5, 0.6) is 0 Å². The van der Waals surface area contributed by atoms with Gasteiger partial charge in [-0.05, 0) is 49.2 Å². The molecule has 0 aromatic heterocycles. The summed E-state index contributed by atoms with van der Waals surface area (Å²) in [4.78, 5) is 35.1. The van der Waals surface area contributed by atoms with Crippen LogP contribution < -0.4 is 10.6 Å². The molecule has 35 heavy (non-hydrogen) atoms. The minimum Gasteiger partial charge on any atom is -0.319 e. The van der Waals surface area contributed by atoms with E-state index in [2.05, 4.69) is 12.6 Å². The Morgan fingerprint density at radius 1 is 1.11 bits per heavy atom. The lowest BCUT2D eigenvalue weighted by molar-refractivity contribution is -0.137. The van der Waals surface area contributed by atoms with Crippen LogP contribution in [0, 0.1) is 13.8 Å². The van der Waals surface area contributed by atoms with Gasteiger partial charge in [-0.2, -0.15) is 12.6 Å². The van der Waals surface area contributed by atoms with E-state index in [4.69, 9.17) is 22.3 Å². The summed E-state index contributed by atoms with van der Waals surface area (Å²) in [6.45, 7) is 3.92. The van der Waals surface area contributed by atoms with Crippen molar-refractivity contribution in [1.29, 1.82) is 0 Å². The Morgan fingerprint density at radius 2 is 1.83 bits per heavy atom. The van der Waals surface area contributed by atoms with Crippen molar-refractivity contribution in [3.05, 3.63) is 94.0 Å². The number of carbonyl (C=O) groups is 2. The third-order valence-electron chi connectivity index (χ3n) is 6.03. The number of fused-ring (bicyclic) bond motifs is 1. The van der Waals surface area contributed by atoms with Gasteiger partial charge in [0.2, 0.25) is 12.1 Å². The highest BCUT2D eigenvalue weighted by Gasteiger charge is 2.38. The molecule has 1 heterocycles. The van der Waals surface area contributed by atoms with Gasteiger partial charge in [0, 0.05) is 29.0 Å². The first-order chi connectivity index (χ1) is 16.7. The third kappa shape index (κ3) is 4.85. The quantitative estimate of drug-likeness (QED) is 0.499. The van der Waals surface area contributed by atoms with Gasteiger partial charge in [-0.3, -0.25) is 14.5 Å². The van der Waals surface area contributed by atoms with Crippen molar-refractivity contribution in [1.82, 2.24) is 4.90 Å². The molecule has 0 saturated carbocycles. The number of anilines is 2. The normalized spacial score (nSPS) is 16.3. The fourth-order valence-corrected chi connectivity index (χ4v) is 4.45. The second-order valence-electron chi connectivity index (χ2n) is 8.58. The Hall–Kier alpha value is -3.13. The number of benzene rings is 3. The van der Waals surface area contributed by atoms with Crippen LogP contribution in [0.3, 0.4) is 0 Å². The van der Waals surface area contributed by atoms with E-state index in [-0.39, 0.29) is 11.7 Å². The molecule has 2 N–H and O–H groups in total. The van der Waals surface area contributed by atoms with Crippen molar-refractivity contribution in [2.24, 2.45) is 10.7 Å². The highest BCUT2D eigenvalue weighted by Crippen LogP contribution is 2.38. The number of thiol groups is 1. The molecular formula is C27H27ClN4O2S. The van der Waals surface area contributed by atoms with Crippen LogP contribution in [-0.2, 0) is 9.59 Å². The summed E-state index contributed by atoms with van der Waals surface area (Å²) >= 11 is 10.6. The summed E-state index contributed by atoms with van der Waals surface area (Å²) in [7, 11) is 1.55. The second-order valence-corrected chi connectivity index (χ2v) is 9.38. The fraction of sp³-hybridized carbons (Fsp3) is 0.222. The number of hydrogen-bond donors (Lipinski definition) is 2. The molecule has 0 fully saturated rings. The van der Waals surface area contributed by atoms with E-state index in [9.17, 15) is 9.59 Å². The fourth-order valence-electron chi connectivity index (χ4n) is 4.12. The minimum absolute atomic E-state index is 0.149. The SMILES string of the molecule is Cc1ccc(C)c(N2C(=O)C(N(C)C(=O)C(N)CS)N=C(c3ccccc3)c3cc(Cl)ccc32)c1. The zero-order valence-corrected chi connectivity index (χ0v) is 21.4. The first-order valence-electron chi connectivity index (χ1n) is 11.2. The van der Waals surface area contributed by atoms with E-state index < -0.39 is 18.1 Å². The molecule has 3 aromatic carbocycles.